The minimum absolute atomic E-state index is 0.0952. The number of fused-ring (bicyclic) bond motifs is 1. The molecule has 0 radical (unpaired) electrons. The summed E-state index contributed by atoms with van der Waals surface area (Å²) in [5.41, 5.74) is -0.150. The Bertz CT molecular complexity index is 1080. The van der Waals surface area contributed by atoms with Crippen molar-refractivity contribution >= 4 is 38.0 Å². The second-order valence-electron chi connectivity index (χ2n) is 8.08. The molecule has 1 saturated heterocycles. The molecule has 0 spiro atoms. The van der Waals surface area contributed by atoms with Gasteiger partial charge in [0.05, 0.1) is 26.3 Å². The van der Waals surface area contributed by atoms with Crippen molar-refractivity contribution in [3.63, 3.8) is 0 Å². The van der Waals surface area contributed by atoms with Gasteiger partial charge in [0.15, 0.2) is 6.29 Å². The lowest BCUT2D eigenvalue weighted by atomic mass is 9.90. The summed E-state index contributed by atoms with van der Waals surface area (Å²) in [7, 11) is 0. The van der Waals surface area contributed by atoms with E-state index in [0.29, 0.717) is 11.1 Å². The first kappa shape index (κ1) is 19.8. The van der Waals surface area contributed by atoms with Crippen LogP contribution in [0, 0.1) is 0 Å². The molecule has 4 nitrogen and oxygen atoms in total. The smallest absolute Gasteiger partial charge is 0.343 e. The third-order valence-corrected chi connectivity index (χ3v) is 7.13. The van der Waals surface area contributed by atoms with Gasteiger partial charge in [-0.3, -0.25) is 0 Å². The van der Waals surface area contributed by atoms with Gasteiger partial charge in [-0.25, -0.2) is 4.79 Å². The lowest BCUT2D eigenvalue weighted by Gasteiger charge is -2.30. The molecule has 0 aliphatic carbocycles. The monoisotopic (exact) mass is 462 g/mol. The fraction of sp³-hybridized carbons (Fsp3) is 0.409. The average Bonchev–Trinajstić information content (AvgIpc) is 3.17. The minimum atomic E-state index is -0.407. The molecule has 1 fully saturated rings. The van der Waals surface area contributed by atoms with Gasteiger partial charge in [-0.2, -0.15) is 0 Å². The van der Waals surface area contributed by atoms with Crippen molar-refractivity contribution in [2.24, 2.45) is 0 Å². The van der Waals surface area contributed by atoms with Crippen LogP contribution in [0.25, 0.3) is 21.2 Å². The molecule has 148 valence electrons. The topological polar surface area (TPSA) is 48.7 Å². The number of ether oxygens (including phenoxy) is 2. The molecule has 1 aliphatic heterocycles. The number of halogens is 1. The number of hydrogen-bond acceptors (Lipinski definition) is 5. The lowest BCUT2D eigenvalue weighted by molar-refractivity contribution is -0.0871. The zero-order valence-electron chi connectivity index (χ0n) is 16.5. The van der Waals surface area contributed by atoms with Crippen LogP contribution in [-0.2, 0) is 9.47 Å². The Morgan fingerprint density at radius 2 is 1.61 bits per heavy atom. The van der Waals surface area contributed by atoms with Crippen molar-refractivity contribution in [2.45, 2.75) is 56.9 Å². The normalized spacial score (nSPS) is 19.9. The summed E-state index contributed by atoms with van der Waals surface area (Å²) in [6.07, 6.45) is -0.407. The third kappa shape index (κ3) is 3.16. The van der Waals surface area contributed by atoms with E-state index in [1.54, 1.807) is 17.4 Å². The molecule has 0 N–H and O–H groups in total. The molecule has 1 aromatic carbocycles. The zero-order chi connectivity index (χ0) is 20.3. The van der Waals surface area contributed by atoms with Gasteiger partial charge in [-0.1, -0.05) is 34.1 Å². The number of hydrogen-bond donors (Lipinski definition) is 0. The van der Waals surface area contributed by atoms with E-state index in [2.05, 4.69) is 15.9 Å². The Kier molecular flexibility index (Phi) is 4.82. The highest BCUT2D eigenvalue weighted by Gasteiger charge is 2.49. The van der Waals surface area contributed by atoms with Crippen LogP contribution < -0.4 is 5.63 Å². The lowest BCUT2D eigenvalue weighted by Crippen LogP contribution is -2.41. The first-order valence-electron chi connectivity index (χ1n) is 9.26. The molecule has 0 saturated carbocycles. The maximum absolute atomic E-state index is 12.4. The van der Waals surface area contributed by atoms with E-state index >= 15 is 0 Å². The largest absolute Gasteiger partial charge is 0.426 e. The van der Waals surface area contributed by atoms with Crippen LogP contribution in [0.1, 0.15) is 56.4 Å². The molecule has 3 aromatic rings. The Morgan fingerprint density at radius 1 is 1.00 bits per heavy atom. The molecular formula is C22H23BrO4S. The molecule has 1 aliphatic rings. The summed E-state index contributed by atoms with van der Waals surface area (Å²) in [5.74, 6) is 0.631. The van der Waals surface area contributed by atoms with Crippen LogP contribution >= 0.6 is 27.3 Å². The van der Waals surface area contributed by atoms with Gasteiger partial charge in [0.1, 0.15) is 5.76 Å². The molecule has 3 heterocycles. The van der Waals surface area contributed by atoms with E-state index in [1.165, 1.54) is 0 Å². The van der Waals surface area contributed by atoms with Gasteiger partial charge in [0.25, 0.3) is 0 Å². The van der Waals surface area contributed by atoms with Crippen LogP contribution in [0.4, 0.5) is 0 Å². The van der Waals surface area contributed by atoms with Gasteiger partial charge in [0, 0.05) is 15.8 Å². The van der Waals surface area contributed by atoms with Gasteiger partial charge in [-0.05, 0) is 52.8 Å². The second kappa shape index (κ2) is 6.80. The van der Waals surface area contributed by atoms with E-state index in [9.17, 15) is 4.79 Å². The predicted molar refractivity (Wildman–Crippen MR) is 116 cm³/mol. The van der Waals surface area contributed by atoms with E-state index in [1.807, 2.05) is 65.0 Å². The fourth-order valence-electron chi connectivity index (χ4n) is 3.33. The summed E-state index contributed by atoms with van der Waals surface area (Å²) >= 11 is 5.18. The highest BCUT2D eigenvalue weighted by molar-refractivity contribution is 9.09. The van der Waals surface area contributed by atoms with Crippen molar-refractivity contribution < 1.29 is 13.9 Å². The SMILES string of the molecule is CC(Br)c1oc(=O)c2ccccc2c1-c1ccc(C2OC(C)(C)C(C)(C)O2)s1. The molecule has 0 bridgehead atoms. The maximum atomic E-state index is 12.4. The van der Waals surface area contributed by atoms with Crippen LogP contribution in [0.3, 0.4) is 0 Å². The van der Waals surface area contributed by atoms with E-state index < -0.39 is 6.29 Å². The van der Waals surface area contributed by atoms with Crippen LogP contribution in [0.15, 0.2) is 45.6 Å². The summed E-state index contributed by atoms with van der Waals surface area (Å²) < 4.78 is 18.1. The Balaban J connectivity index is 1.84. The first-order chi connectivity index (χ1) is 13.1. The van der Waals surface area contributed by atoms with Gasteiger partial charge in [-0.15, -0.1) is 11.3 Å². The van der Waals surface area contributed by atoms with E-state index in [4.69, 9.17) is 13.9 Å². The minimum Gasteiger partial charge on any atom is -0.426 e. The van der Waals surface area contributed by atoms with Crippen LogP contribution in [-0.4, -0.2) is 11.2 Å². The Hall–Kier alpha value is -1.47. The van der Waals surface area contributed by atoms with Crippen molar-refractivity contribution in [3.8, 4) is 10.4 Å². The van der Waals surface area contributed by atoms with Crippen LogP contribution in [0.2, 0.25) is 0 Å². The van der Waals surface area contributed by atoms with Gasteiger partial charge < -0.3 is 13.9 Å². The van der Waals surface area contributed by atoms with Crippen molar-refractivity contribution in [2.75, 3.05) is 0 Å². The van der Waals surface area contributed by atoms with Crippen molar-refractivity contribution in [1.82, 2.24) is 0 Å². The Labute approximate surface area is 176 Å². The highest BCUT2D eigenvalue weighted by Crippen LogP contribution is 2.48. The highest BCUT2D eigenvalue weighted by atomic mass is 79.9. The maximum Gasteiger partial charge on any atom is 0.343 e. The number of thiophene rings is 1. The molecular weight excluding hydrogens is 440 g/mol. The average molecular weight is 463 g/mol. The molecule has 28 heavy (non-hydrogen) atoms. The van der Waals surface area contributed by atoms with Crippen molar-refractivity contribution in [1.29, 1.82) is 0 Å². The van der Waals surface area contributed by atoms with E-state index in [-0.39, 0.29) is 21.7 Å². The third-order valence-electron chi connectivity index (χ3n) is 5.59. The van der Waals surface area contributed by atoms with Gasteiger partial charge in [0.2, 0.25) is 0 Å². The molecule has 0 amide bonds. The van der Waals surface area contributed by atoms with Crippen LogP contribution in [0.5, 0.6) is 0 Å². The second-order valence-corrected chi connectivity index (χ2v) is 10.6. The molecule has 1 atom stereocenters. The summed E-state index contributed by atoms with van der Waals surface area (Å²) in [4.78, 5) is 14.3. The van der Waals surface area contributed by atoms with Crippen molar-refractivity contribution in [3.05, 3.63) is 57.5 Å². The quantitative estimate of drug-likeness (QED) is 0.412. The molecule has 2 aromatic heterocycles. The Morgan fingerprint density at radius 3 is 2.21 bits per heavy atom. The summed E-state index contributed by atoms with van der Waals surface area (Å²) in [6.45, 7) is 10.1. The molecule has 1 unspecified atom stereocenters. The fourth-order valence-corrected chi connectivity index (χ4v) is 4.68. The van der Waals surface area contributed by atoms with Gasteiger partial charge >= 0.3 is 5.63 Å². The first-order valence-corrected chi connectivity index (χ1v) is 11.0. The number of alkyl halides is 1. The number of benzene rings is 1. The van der Waals surface area contributed by atoms with E-state index in [0.717, 1.165) is 20.7 Å². The zero-order valence-corrected chi connectivity index (χ0v) is 18.9. The predicted octanol–water partition coefficient (Wildman–Crippen LogP) is 6.58. The number of rotatable bonds is 3. The summed E-state index contributed by atoms with van der Waals surface area (Å²) in [6, 6.07) is 11.6. The standard InChI is InChI=1S/C22H23BrO4S/c1-12(23)18-17(13-8-6-7-9-14(13)19(24)25-18)15-10-11-16(28-15)20-26-21(2,3)22(4,5)27-20/h6-12,20H,1-5H3. The molecule has 4 rings (SSSR count). The summed E-state index contributed by atoms with van der Waals surface area (Å²) in [5, 5.41) is 1.47. The molecule has 6 heteroatoms.